The van der Waals surface area contributed by atoms with Crippen LogP contribution in [0.3, 0.4) is 0 Å². The Balaban J connectivity index is 1.38. The molecule has 2 heterocycles. The summed E-state index contributed by atoms with van der Waals surface area (Å²) in [6.45, 7) is 12.1. The first-order valence-electron chi connectivity index (χ1n) is 12.3. The number of aliphatic hydroxyl groups is 1. The predicted octanol–water partition coefficient (Wildman–Crippen LogP) is 5.00. The van der Waals surface area contributed by atoms with Gasteiger partial charge in [0.1, 0.15) is 0 Å². The molecule has 176 valence electrons. The van der Waals surface area contributed by atoms with E-state index in [4.69, 9.17) is 5.11 Å². The first-order valence-corrected chi connectivity index (χ1v) is 13.2. The van der Waals surface area contributed by atoms with Crippen molar-refractivity contribution in [1.29, 1.82) is 0 Å². The van der Waals surface area contributed by atoms with Gasteiger partial charge in [0, 0.05) is 24.3 Å². The molecule has 0 radical (unpaired) electrons. The topological polar surface area (TPSA) is 66.4 Å². The smallest absolute Gasteiger partial charge is 0.220 e. The first-order chi connectivity index (χ1) is 15.7. The van der Waals surface area contributed by atoms with Crippen LogP contribution in [0.15, 0.2) is 12.1 Å². The molecule has 2 atom stereocenters. The molecule has 2 aliphatic rings. The summed E-state index contributed by atoms with van der Waals surface area (Å²) in [7, 11) is 0. The maximum absolute atomic E-state index is 13.2. The number of hydrogen-bond donors (Lipinski definition) is 2. The molecule has 2 aromatic rings. The second kappa shape index (κ2) is 9.75. The minimum atomic E-state index is -0.0370. The highest BCUT2D eigenvalue weighted by Crippen LogP contribution is 2.65. The predicted molar refractivity (Wildman–Crippen MR) is 137 cm³/mol. The molecule has 6 heteroatoms. The van der Waals surface area contributed by atoms with Crippen molar-refractivity contribution in [2.75, 3.05) is 13.2 Å². The van der Waals surface area contributed by atoms with Crippen LogP contribution in [0.25, 0.3) is 0 Å². The summed E-state index contributed by atoms with van der Waals surface area (Å²) in [6, 6.07) is 4.35. The Morgan fingerprint density at radius 3 is 2.48 bits per heavy atom. The van der Waals surface area contributed by atoms with Gasteiger partial charge in [-0.2, -0.15) is 0 Å². The second-order valence-corrected chi connectivity index (χ2v) is 11.5. The average Bonchev–Trinajstić information content (AvgIpc) is 3.17. The molecule has 0 unspecified atom stereocenters. The maximum atomic E-state index is 13.2. The van der Waals surface area contributed by atoms with Crippen LogP contribution in [0, 0.1) is 20.8 Å². The Morgan fingerprint density at radius 1 is 1.15 bits per heavy atom. The number of nitrogens with one attached hydrogen (secondary N) is 1. The summed E-state index contributed by atoms with van der Waals surface area (Å²) in [4.78, 5) is 27.4. The van der Waals surface area contributed by atoms with Gasteiger partial charge in [-0.25, -0.2) is 0 Å². The Kier molecular flexibility index (Phi) is 7.16. The molecule has 0 spiro atoms. The molecule has 2 N–H and O–H groups in total. The monoisotopic (exact) mass is 465 g/mol. The Bertz CT molecular complexity index is 1050. The van der Waals surface area contributed by atoms with Crippen molar-refractivity contribution in [2.24, 2.45) is 0 Å². The lowest BCUT2D eigenvalue weighted by Crippen LogP contribution is -2.26. The second-order valence-electron chi connectivity index (χ2n) is 10.3. The Hall–Kier alpha value is -1.92. The zero-order valence-electron chi connectivity index (χ0n) is 20.6. The van der Waals surface area contributed by atoms with Crippen molar-refractivity contribution < 1.29 is 14.7 Å². The van der Waals surface area contributed by atoms with Gasteiger partial charge < -0.3 is 10.4 Å². The molecular weight excluding hydrogens is 429 g/mol. The molecule has 1 saturated heterocycles. The number of aliphatic hydroxyl groups excluding tert-OH is 1. The van der Waals surface area contributed by atoms with E-state index in [2.05, 4.69) is 52.1 Å². The van der Waals surface area contributed by atoms with Crippen molar-refractivity contribution in [3.05, 3.63) is 55.3 Å². The normalized spacial score (nSPS) is 18.5. The lowest BCUT2D eigenvalue weighted by atomic mass is 9.52. The van der Waals surface area contributed by atoms with Crippen molar-refractivity contribution in [1.82, 2.24) is 5.32 Å². The van der Waals surface area contributed by atoms with E-state index in [0.29, 0.717) is 37.4 Å². The van der Waals surface area contributed by atoms with Gasteiger partial charge in [-0.15, -0.1) is 11.3 Å². The van der Waals surface area contributed by atoms with Crippen molar-refractivity contribution in [3.63, 3.8) is 0 Å². The van der Waals surface area contributed by atoms with Gasteiger partial charge in [0.2, 0.25) is 5.91 Å². The van der Waals surface area contributed by atoms with Gasteiger partial charge in [-0.05, 0) is 79.2 Å². The third kappa shape index (κ3) is 4.83. The molecule has 1 aromatic carbocycles. The van der Waals surface area contributed by atoms with E-state index >= 15 is 0 Å². The van der Waals surface area contributed by atoms with Crippen LogP contribution in [0.4, 0.5) is 0 Å². The van der Waals surface area contributed by atoms with E-state index in [-0.39, 0.29) is 12.5 Å². The van der Waals surface area contributed by atoms with Gasteiger partial charge in [-0.1, -0.05) is 37.6 Å². The molecular formula is C27H36BNO3S. The fourth-order valence-corrected chi connectivity index (χ4v) is 7.41. The molecule has 4 nitrogen and oxygen atoms in total. The highest BCUT2D eigenvalue weighted by molar-refractivity contribution is 7.14. The quantitative estimate of drug-likeness (QED) is 0.384. The van der Waals surface area contributed by atoms with Gasteiger partial charge in [0.25, 0.3) is 0 Å². The molecule has 1 aliphatic carbocycles. The molecule has 0 saturated carbocycles. The molecule has 1 amide bonds. The largest absolute Gasteiger partial charge is 0.395 e. The summed E-state index contributed by atoms with van der Waals surface area (Å²) < 4.78 is 0. The highest BCUT2D eigenvalue weighted by atomic mass is 32.1. The number of Topliss-reactive ketones (excluding diaryl/α,β-unsaturated/α-hetero) is 1. The number of fused-ring (bicyclic) bond motifs is 3. The Labute approximate surface area is 202 Å². The Morgan fingerprint density at radius 2 is 1.85 bits per heavy atom. The van der Waals surface area contributed by atoms with Crippen LogP contribution in [0.1, 0.15) is 80.4 Å². The van der Waals surface area contributed by atoms with Crippen molar-refractivity contribution in [3.8, 4) is 0 Å². The molecule has 1 fully saturated rings. The van der Waals surface area contributed by atoms with E-state index in [1.807, 2.05) is 0 Å². The lowest BCUT2D eigenvalue weighted by Gasteiger charge is -2.13. The number of ketones is 1. The van der Waals surface area contributed by atoms with Gasteiger partial charge in [0.15, 0.2) is 12.5 Å². The summed E-state index contributed by atoms with van der Waals surface area (Å²) in [5.74, 6) is 2.48. The van der Waals surface area contributed by atoms with Crippen LogP contribution in [-0.4, -0.2) is 36.7 Å². The zero-order chi connectivity index (χ0) is 23.9. The third-order valence-corrected chi connectivity index (χ3v) is 8.90. The van der Waals surface area contributed by atoms with Crippen LogP contribution >= 0.6 is 11.3 Å². The summed E-state index contributed by atoms with van der Waals surface area (Å²) in [6.07, 6.45) is 3.52. The van der Waals surface area contributed by atoms with Crippen LogP contribution in [0.2, 0.25) is 11.6 Å². The van der Waals surface area contributed by atoms with E-state index in [1.54, 1.807) is 11.3 Å². The highest BCUT2D eigenvalue weighted by Gasteiger charge is 2.60. The number of rotatable bonds is 10. The SMILES string of the molecule is Cc1cc(CCC(=O)c2sc(C)c3c2C[C@H]2B(C(C)C)[C@@H]32)cc(C)c1CCC(=O)NCCO. The van der Waals surface area contributed by atoms with Gasteiger partial charge in [-0.3, -0.25) is 9.59 Å². The van der Waals surface area contributed by atoms with Gasteiger partial charge in [0.05, 0.1) is 11.5 Å². The summed E-state index contributed by atoms with van der Waals surface area (Å²) in [5.41, 5.74) is 7.65. The van der Waals surface area contributed by atoms with Gasteiger partial charge >= 0.3 is 0 Å². The number of carbonyl (C=O) groups excluding carboxylic acids is 2. The number of hydrogen-bond acceptors (Lipinski definition) is 4. The lowest BCUT2D eigenvalue weighted by molar-refractivity contribution is -0.121. The van der Waals surface area contributed by atoms with E-state index in [9.17, 15) is 9.59 Å². The van der Waals surface area contributed by atoms with Crippen LogP contribution < -0.4 is 5.32 Å². The number of thiophene rings is 1. The fourth-order valence-electron chi connectivity index (χ4n) is 6.20. The molecule has 4 rings (SSSR count). The maximum Gasteiger partial charge on any atom is 0.220 e. The van der Waals surface area contributed by atoms with E-state index in [1.165, 1.54) is 38.3 Å². The standard InChI is InChI=1S/C27H36BNO3S/c1-15(2)28-22-14-21-25(26(22)28)18(5)33-27(21)23(31)8-6-19-12-16(3)20(17(4)13-19)7-9-24(32)29-10-11-30/h12-13,15,22,26,30H,6-11,14H2,1-5H3,(H,29,32)/t22-,26-/m1/s1. The molecule has 1 aliphatic heterocycles. The summed E-state index contributed by atoms with van der Waals surface area (Å²) in [5, 5.41) is 11.5. The number of amides is 1. The number of aryl methyl sites for hydroxylation is 4. The minimum absolute atomic E-state index is 0.0337. The molecule has 33 heavy (non-hydrogen) atoms. The van der Waals surface area contributed by atoms with Crippen LogP contribution in [0.5, 0.6) is 0 Å². The third-order valence-electron chi connectivity index (χ3n) is 7.69. The molecule has 0 bridgehead atoms. The molecule has 1 aromatic heterocycles. The summed E-state index contributed by atoms with van der Waals surface area (Å²) >= 11 is 1.72. The first kappa shape index (κ1) is 24.2. The van der Waals surface area contributed by atoms with Crippen molar-refractivity contribution >= 4 is 29.7 Å². The van der Waals surface area contributed by atoms with E-state index in [0.717, 1.165) is 36.1 Å². The van der Waals surface area contributed by atoms with E-state index < -0.39 is 0 Å². The average molecular weight is 465 g/mol. The van der Waals surface area contributed by atoms with Crippen molar-refractivity contribution in [2.45, 2.75) is 84.2 Å². The number of benzene rings is 1. The minimum Gasteiger partial charge on any atom is -0.395 e. The zero-order valence-corrected chi connectivity index (χ0v) is 21.4. The van der Waals surface area contributed by atoms with Crippen LogP contribution in [-0.2, 0) is 24.1 Å². The fraction of sp³-hybridized carbons (Fsp3) is 0.556. The number of carbonyl (C=O) groups is 2.